The smallest absolute Gasteiger partial charge is 0.0455 e. The van der Waals surface area contributed by atoms with Crippen LogP contribution in [0.25, 0.3) is 0 Å². The molecule has 0 radical (unpaired) electrons. The summed E-state index contributed by atoms with van der Waals surface area (Å²) in [5.74, 6) is 0.870. The molecule has 1 aromatic carbocycles. The van der Waals surface area contributed by atoms with Crippen molar-refractivity contribution < 1.29 is 0 Å². The number of anilines is 1. The molecule has 0 aromatic heterocycles. The van der Waals surface area contributed by atoms with E-state index in [4.69, 9.17) is 11.6 Å². The lowest BCUT2D eigenvalue weighted by Gasteiger charge is -2.44. The van der Waals surface area contributed by atoms with Crippen LogP contribution in [0, 0.1) is 23.7 Å². The zero-order chi connectivity index (χ0) is 13.8. The van der Waals surface area contributed by atoms with Crippen LogP contribution in [0.1, 0.15) is 45.6 Å². The Morgan fingerprint density at radius 3 is 2.63 bits per heavy atom. The number of rotatable bonds is 2. The zero-order valence-electron chi connectivity index (χ0n) is 12.4. The van der Waals surface area contributed by atoms with Gasteiger partial charge < -0.3 is 5.32 Å². The Hall–Kier alpha value is -0.690. The van der Waals surface area contributed by atoms with Gasteiger partial charge in [-0.1, -0.05) is 38.4 Å². The van der Waals surface area contributed by atoms with E-state index >= 15 is 0 Å². The van der Waals surface area contributed by atoms with E-state index in [-0.39, 0.29) is 0 Å². The van der Waals surface area contributed by atoms with Gasteiger partial charge in [0.05, 0.1) is 0 Å². The maximum absolute atomic E-state index is 6.24. The van der Waals surface area contributed by atoms with E-state index in [2.05, 4.69) is 39.1 Å². The van der Waals surface area contributed by atoms with Crippen LogP contribution in [0.4, 0.5) is 5.69 Å². The predicted molar refractivity (Wildman–Crippen MR) is 82.8 cm³/mol. The molecule has 0 amide bonds. The molecule has 2 aliphatic carbocycles. The molecule has 0 aliphatic heterocycles. The van der Waals surface area contributed by atoms with Gasteiger partial charge in [-0.25, -0.2) is 0 Å². The van der Waals surface area contributed by atoms with E-state index in [9.17, 15) is 0 Å². The first-order chi connectivity index (χ1) is 8.84. The molecule has 3 rings (SSSR count). The van der Waals surface area contributed by atoms with Gasteiger partial charge in [-0.3, -0.25) is 0 Å². The molecule has 2 aliphatic rings. The first-order valence-corrected chi connectivity index (χ1v) is 7.74. The molecule has 0 spiro atoms. The van der Waals surface area contributed by atoms with Crippen molar-refractivity contribution in [2.45, 2.75) is 53.0 Å². The Labute approximate surface area is 121 Å². The first kappa shape index (κ1) is 13.3. The van der Waals surface area contributed by atoms with Gasteiger partial charge in [0.15, 0.2) is 0 Å². The molecule has 2 fully saturated rings. The van der Waals surface area contributed by atoms with E-state index in [1.54, 1.807) is 0 Å². The molecule has 1 aromatic rings. The Morgan fingerprint density at radius 1 is 1.26 bits per heavy atom. The van der Waals surface area contributed by atoms with Crippen molar-refractivity contribution >= 4 is 17.3 Å². The topological polar surface area (TPSA) is 12.0 Å². The molecule has 19 heavy (non-hydrogen) atoms. The van der Waals surface area contributed by atoms with Gasteiger partial charge in [-0.05, 0) is 60.6 Å². The van der Waals surface area contributed by atoms with Crippen LogP contribution in [-0.4, -0.2) is 6.04 Å². The summed E-state index contributed by atoms with van der Waals surface area (Å²) in [6.07, 6.45) is 4.13. The second-order valence-electron chi connectivity index (χ2n) is 7.40. The van der Waals surface area contributed by atoms with Crippen LogP contribution in [0.3, 0.4) is 0 Å². The van der Waals surface area contributed by atoms with Crippen molar-refractivity contribution in [3.8, 4) is 0 Å². The lowest BCUT2D eigenvalue weighted by atomic mass is 9.68. The molecule has 2 heteroatoms. The molecule has 1 unspecified atom stereocenters. The number of nitrogens with one attached hydrogen (secondary N) is 1. The fourth-order valence-electron chi connectivity index (χ4n) is 4.58. The van der Waals surface area contributed by atoms with Crippen molar-refractivity contribution in [3.63, 3.8) is 0 Å². The van der Waals surface area contributed by atoms with E-state index in [0.717, 1.165) is 10.9 Å². The standard InChI is InChI=1S/C17H24ClN/c1-11-13(18)6-5-7-14(11)19-15-16(2,3)12-8-9-17(15,4)10-12/h5-7,12,15,19H,8-10H2,1-4H3/t12-,15?,17+/m0/s1. The van der Waals surface area contributed by atoms with Gasteiger partial charge in [-0.15, -0.1) is 0 Å². The van der Waals surface area contributed by atoms with Crippen LogP contribution >= 0.6 is 11.6 Å². The molecule has 0 saturated heterocycles. The van der Waals surface area contributed by atoms with Crippen molar-refractivity contribution in [1.82, 2.24) is 0 Å². The minimum Gasteiger partial charge on any atom is -0.381 e. The quantitative estimate of drug-likeness (QED) is 0.776. The van der Waals surface area contributed by atoms with Gasteiger partial charge in [0.1, 0.15) is 0 Å². The summed E-state index contributed by atoms with van der Waals surface area (Å²) in [7, 11) is 0. The maximum atomic E-state index is 6.24. The summed E-state index contributed by atoms with van der Waals surface area (Å²) in [4.78, 5) is 0. The highest BCUT2D eigenvalue weighted by atomic mass is 35.5. The van der Waals surface area contributed by atoms with Gasteiger partial charge in [0, 0.05) is 16.8 Å². The molecule has 2 bridgehead atoms. The zero-order valence-corrected chi connectivity index (χ0v) is 13.1. The SMILES string of the molecule is Cc1c(Cl)cccc1NC1C(C)(C)[C@H]2CC[C@]1(C)C2. The highest BCUT2D eigenvalue weighted by Crippen LogP contribution is 2.63. The fraction of sp³-hybridized carbons (Fsp3) is 0.647. The van der Waals surface area contributed by atoms with Crippen LogP contribution in [-0.2, 0) is 0 Å². The van der Waals surface area contributed by atoms with Crippen molar-refractivity contribution in [3.05, 3.63) is 28.8 Å². The monoisotopic (exact) mass is 277 g/mol. The average molecular weight is 278 g/mol. The number of benzene rings is 1. The molecule has 2 saturated carbocycles. The summed E-state index contributed by atoms with van der Waals surface area (Å²) in [5.41, 5.74) is 3.20. The second kappa shape index (κ2) is 4.15. The lowest BCUT2D eigenvalue weighted by molar-refractivity contribution is 0.155. The Bertz CT molecular complexity index is 503. The van der Waals surface area contributed by atoms with Crippen LogP contribution < -0.4 is 5.32 Å². The number of fused-ring (bicyclic) bond motifs is 2. The normalized spacial score (nSPS) is 35.6. The van der Waals surface area contributed by atoms with Crippen molar-refractivity contribution in [2.75, 3.05) is 5.32 Å². The van der Waals surface area contributed by atoms with Crippen LogP contribution in [0.2, 0.25) is 5.02 Å². The van der Waals surface area contributed by atoms with E-state index in [1.165, 1.54) is 30.5 Å². The maximum Gasteiger partial charge on any atom is 0.0455 e. The van der Waals surface area contributed by atoms with E-state index < -0.39 is 0 Å². The Balaban J connectivity index is 1.93. The second-order valence-corrected chi connectivity index (χ2v) is 7.81. The Kier molecular flexibility index (Phi) is 2.91. The van der Waals surface area contributed by atoms with E-state index in [1.807, 2.05) is 12.1 Å². The average Bonchev–Trinajstić information content (AvgIpc) is 2.81. The molecular weight excluding hydrogens is 254 g/mol. The number of halogens is 1. The van der Waals surface area contributed by atoms with Crippen molar-refractivity contribution in [2.24, 2.45) is 16.7 Å². The highest BCUT2D eigenvalue weighted by Gasteiger charge is 2.59. The summed E-state index contributed by atoms with van der Waals surface area (Å²) < 4.78 is 0. The lowest BCUT2D eigenvalue weighted by Crippen LogP contribution is -2.45. The first-order valence-electron chi connectivity index (χ1n) is 7.36. The predicted octanol–water partition coefficient (Wildman–Crippen LogP) is 5.28. The Morgan fingerprint density at radius 2 is 2.00 bits per heavy atom. The summed E-state index contributed by atoms with van der Waals surface area (Å²) >= 11 is 6.24. The third-order valence-electron chi connectivity index (χ3n) is 5.84. The molecule has 104 valence electrons. The molecule has 3 atom stereocenters. The summed E-state index contributed by atoms with van der Waals surface area (Å²) in [6, 6.07) is 6.72. The van der Waals surface area contributed by atoms with Crippen LogP contribution in [0.5, 0.6) is 0 Å². The van der Waals surface area contributed by atoms with Gasteiger partial charge in [0.2, 0.25) is 0 Å². The van der Waals surface area contributed by atoms with Crippen LogP contribution in [0.15, 0.2) is 18.2 Å². The number of hydrogen-bond donors (Lipinski definition) is 1. The minimum absolute atomic E-state index is 0.377. The number of hydrogen-bond acceptors (Lipinski definition) is 1. The van der Waals surface area contributed by atoms with Gasteiger partial charge in [0.25, 0.3) is 0 Å². The fourth-order valence-corrected chi connectivity index (χ4v) is 4.76. The molecule has 0 heterocycles. The third-order valence-corrected chi connectivity index (χ3v) is 6.25. The molecular formula is C17H24ClN. The van der Waals surface area contributed by atoms with Crippen molar-refractivity contribution in [1.29, 1.82) is 0 Å². The summed E-state index contributed by atoms with van der Waals surface area (Å²) in [6.45, 7) is 9.42. The van der Waals surface area contributed by atoms with Gasteiger partial charge >= 0.3 is 0 Å². The third kappa shape index (κ3) is 1.89. The minimum atomic E-state index is 0.377. The van der Waals surface area contributed by atoms with E-state index in [0.29, 0.717) is 16.9 Å². The highest BCUT2D eigenvalue weighted by molar-refractivity contribution is 6.31. The van der Waals surface area contributed by atoms with Gasteiger partial charge in [-0.2, -0.15) is 0 Å². The molecule has 1 N–H and O–H groups in total. The molecule has 1 nitrogen and oxygen atoms in total. The summed E-state index contributed by atoms with van der Waals surface area (Å²) in [5, 5.41) is 4.69. The largest absolute Gasteiger partial charge is 0.381 e.